The number of rotatable bonds is 2. The van der Waals surface area contributed by atoms with E-state index in [0.29, 0.717) is 11.4 Å². The Morgan fingerprint density at radius 1 is 0.714 bits per heavy atom. The van der Waals surface area contributed by atoms with Crippen LogP contribution in [-0.4, -0.2) is 14.8 Å². The van der Waals surface area contributed by atoms with Crippen LogP contribution in [0.25, 0.3) is 21.7 Å². The average molecular weight is 377 g/mol. The van der Waals surface area contributed by atoms with Crippen molar-refractivity contribution in [2.24, 2.45) is 17.3 Å². The molecule has 0 aliphatic rings. The van der Waals surface area contributed by atoms with Crippen LogP contribution in [0.3, 0.4) is 0 Å². The second-order valence-electron chi connectivity index (χ2n) is 5.60. The van der Waals surface area contributed by atoms with Gasteiger partial charge >= 0.3 is 0 Å². The van der Waals surface area contributed by atoms with Crippen molar-refractivity contribution in [1.82, 2.24) is 4.57 Å². The van der Waals surface area contributed by atoms with E-state index in [1.807, 2.05) is 82.3 Å². The smallest absolute Gasteiger partial charge is 0.220 e. The Labute approximate surface area is 165 Å². The van der Waals surface area contributed by atoms with Crippen LogP contribution >= 0.6 is 0 Å². The number of phenolic OH excluding ortho intramolecular Hbond substituents is 1. The summed E-state index contributed by atoms with van der Waals surface area (Å²) in [6, 6.07) is 18.7. The lowest BCUT2D eigenvalue weighted by molar-refractivity contribution is 0.436. The van der Waals surface area contributed by atoms with Gasteiger partial charge in [0, 0.05) is 17.8 Å². The molecule has 0 aliphatic carbocycles. The van der Waals surface area contributed by atoms with Gasteiger partial charge in [0.1, 0.15) is 5.69 Å². The normalized spacial score (nSPS) is 10.5. The van der Waals surface area contributed by atoms with Crippen LogP contribution in [0.5, 0.6) is 11.6 Å². The first kappa shape index (κ1) is 21.0. The highest BCUT2D eigenvalue weighted by molar-refractivity contribution is 5.95. The molecule has 0 saturated heterocycles. The van der Waals surface area contributed by atoms with E-state index in [4.69, 9.17) is 0 Å². The van der Waals surface area contributed by atoms with Gasteiger partial charge in [-0.3, -0.25) is 0 Å². The quantitative estimate of drug-likeness (QED) is 0.362. The number of aromatic hydroxyl groups is 2. The number of benzene rings is 3. The number of hydrogen-bond acceptors (Lipinski definition) is 4. The Bertz CT molecular complexity index is 1100. The van der Waals surface area contributed by atoms with Crippen molar-refractivity contribution in [3.63, 3.8) is 0 Å². The van der Waals surface area contributed by atoms with Gasteiger partial charge in [0.05, 0.1) is 5.52 Å². The van der Waals surface area contributed by atoms with E-state index in [1.165, 1.54) is 0 Å². The molecule has 0 aliphatic heterocycles. The Hall–Kier alpha value is -3.34. The van der Waals surface area contributed by atoms with Crippen LogP contribution in [0.4, 0.5) is 11.4 Å². The lowest BCUT2D eigenvalue weighted by Crippen LogP contribution is -1.84. The zero-order valence-electron chi connectivity index (χ0n) is 17.0. The Morgan fingerprint density at radius 3 is 2.04 bits per heavy atom. The predicted octanol–water partition coefficient (Wildman–Crippen LogP) is 7.21. The summed E-state index contributed by atoms with van der Waals surface area (Å²) in [6.07, 6.45) is 0. The molecule has 28 heavy (non-hydrogen) atoms. The molecule has 0 fully saturated rings. The van der Waals surface area contributed by atoms with E-state index in [9.17, 15) is 10.2 Å². The van der Waals surface area contributed by atoms with Gasteiger partial charge in [-0.2, -0.15) is 0 Å². The largest absolute Gasteiger partial charge is 0.505 e. The van der Waals surface area contributed by atoms with Crippen molar-refractivity contribution in [1.29, 1.82) is 0 Å². The molecule has 3 aromatic carbocycles. The molecule has 0 bridgehead atoms. The molecule has 0 spiro atoms. The van der Waals surface area contributed by atoms with Crippen LogP contribution in [0.1, 0.15) is 27.7 Å². The molecular weight excluding hydrogens is 350 g/mol. The number of hydrogen-bond donors (Lipinski definition) is 2. The topological polar surface area (TPSA) is 70.1 Å². The molecule has 146 valence electrons. The second kappa shape index (κ2) is 9.55. The molecule has 4 aromatic rings. The molecule has 0 unspecified atom stereocenters. The Balaban J connectivity index is 0.000000660. The van der Waals surface area contributed by atoms with Gasteiger partial charge < -0.3 is 14.8 Å². The van der Waals surface area contributed by atoms with Gasteiger partial charge in [-0.1, -0.05) is 76.2 Å². The fourth-order valence-corrected chi connectivity index (χ4v) is 2.89. The van der Waals surface area contributed by atoms with Crippen LogP contribution in [-0.2, 0) is 7.05 Å². The number of nitrogens with zero attached hydrogens (tertiary/aromatic N) is 3. The summed E-state index contributed by atoms with van der Waals surface area (Å²) < 4.78 is 1.66. The predicted molar refractivity (Wildman–Crippen MR) is 117 cm³/mol. The first-order chi connectivity index (χ1) is 13.7. The summed E-state index contributed by atoms with van der Waals surface area (Å²) in [5, 5.41) is 31.5. The van der Waals surface area contributed by atoms with Crippen molar-refractivity contribution in [3.8, 4) is 11.6 Å². The van der Waals surface area contributed by atoms with E-state index in [1.54, 1.807) is 17.7 Å². The van der Waals surface area contributed by atoms with E-state index in [0.717, 1.165) is 21.7 Å². The minimum Gasteiger partial charge on any atom is -0.505 e. The first-order valence-electron chi connectivity index (χ1n) is 9.55. The number of aryl methyl sites for hydroxylation is 1. The van der Waals surface area contributed by atoms with Gasteiger partial charge in [-0.25, -0.2) is 0 Å². The maximum atomic E-state index is 10.4. The lowest BCUT2D eigenvalue weighted by Gasteiger charge is -2.03. The number of para-hydroxylation sites is 1. The van der Waals surface area contributed by atoms with Gasteiger partial charge in [0.25, 0.3) is 0 Å². The molecule has 0 radical (unpaired) electrons. The van der Waals surface area contributed by atoms with Crippen molar-refractivity contribution in [3.05, 3.63) is 60.7 Å². The molecule has 1 heterocycles. The number of aromatic nitrogens is 1. The summed E-state index contributed by atoms with van der Waals surface area (Å²) in [4.78, 5) is 0. The highest BCUT2D eigenvalue weighted by Crippen LogP contribution is 2.40. The fourth-order valence-electron chi connectivity index (χ4n) is 2.89. The number of phenols is 1. The fraction of sp³-hybridized carbons (Fsp3) is 0.217. The molecule has 1 aromatic heterocycles. The molecule has 5 heteroatoms. The van der Waals surface area contributed by atoms with E-state index in [-0.39, 0.29) is 11.6 Å². The van der Waals surface area contributed by atoms with Crippen LogP contribution in [0.2, 0.25) is 0 Å². The Morgan fingerprint density at radius 2 is 1.32 bits per heavy atom. The standard InChI is InChI=1S/C19H15N3O2.2C2H6/c1-22-16-9-5-4-8-14(16)17(19(22)24)21-20-15-11-10-12-6-2-3-7-13(12)18(15)23;2*1-2/h2-11,23-24H,1H3;2*1-2H3. The zero-order valence-corrected chi connectivity index (χ0v) is 17.0. The molecule has 0 amide bonds. The summed E-state index contributed by atoms with van der Waals surface area (Å²) in [6.45, 7) is 8.00. The third-order valence-electron chi connectivity index (χ3n) is 4.19. The van der Waals surface area contributed by atoms with Gasteiger partial charge in [0.2, 0.25) is 5.88 Å². The maximum Gasteiger partial charge on any atom is 0.220 e. The Kier molecular flexibility index (Phi) is 7.15. The monoisotopic (exact) mass is 377 g/mol. The minimum atomic E-state index is 0.0419. The molecule has 4 rings (SSSR count). The molecular formula is C23H27N3O2. The third-order valence-corrected chi connectivity index (χ3v) is 4.19. The average Bonchev–Trinajstić information content (AvgIpc) is 3.01. The summed E-state index contributed by atoms with van der Waals surface area (Å²) >= 11 is 0. The van der Waals surface area contributed by atoms with E-state index in [2.05, 4.69) is 10.2 Å². The minimum absolute atomic E-state index is 0.0419. The SMILES string of the molecule is CC.CC.Cn1c(O)c(N=Nc2ccc3ccccc3c2O)c2ccccc21. The molecule has 5 nitrogen and oxygen atoms in total. The van der Waals surface area contributed by atoms with E-state index >= 15 is 0 Å². The number of fused-ring (bicyclic) bond motifs is 2. The van der Waals surface area contributed by atoms with Crippen LogP contribution in [0, 0.1) is 0 Å². The molecule has 0 atom stereocenters. The molecule has 0 saturated carbocycles. The van der Waals surface area contributed by atoms with Crippen molar-refractivity contribution >= 4 is 33.1 Å². The van der Waals surface area contributed by atoms with Gasteiger partial charge in [-0.05, 0) is 17.5 Å². The van der Waals surface area contributed by atoms with Gasteiger partial charge in [-0.15, -0.1) is 10.2 Å². The van der Waals surface area contributed by atoms with Crippen molar-refractivity contribution in [2.45, 2.75) is 27.7 Å². The highest BCUT2D eigenvalue weighted by Gasteiger charge is 2.14. The zero-order chi connectivity index (χ0) is 20.7. The van der Waals surface area contributed by atoms with E-state index < -0.39 is 0 Å². The second-order valence-corrected chi connectivity index (χ2v) is 5.60. The first-order valence-corrected chi connectivity index (χ1v) is 9.55. The van der Waals surface area contributed by atoms with Crippen molar-refractivity contribution in [2.75, 3.05) is 0 Å². The highest BCUT2D eigenvalue weighted by atomic mass is 16.3. The summed E-state index contributed by atoms with van der Waals surface area (Å²) in [7, 11) is 1.77. The van der Waals surface area contributed by atoms with Crippen molar-refractivity contribution < 1.29 is 10.2 Å². The van der Waals surface area contributed by atoms with Gasteiger partial charge in [0.15, 0.2) is 11.4 Å². The number of azo groups is 1. The van der Waals surface area contributed by atoms with Crippen LogP contribution in [0.15, 0.2) is 70.9 Å². The van der Waals surface area contributed by atoms with Crippen LogP contribution < -0.4 is 0 Å². The summed E-state index contributed by atoms with van der Waals surface area (Å²) in [5.41, 5.74) is 1.62. The summed E-state index contributed by atoms with van der Waals surface area (Å²) in [5.74, 6) is 0.122. The maximum absolute atomic E-state index is 10.4. The third kappa shape index (κ3) is 3.83. The molecule has 2 N–H and O–H groups in total. The lowest BCUT2D eigenvalue weighted by atomic mass is 10.1.